The molecule has 0 aliphatic rings. The largest absolute Gasteiger partial charge is 0.294 e. The van der Waals surface area contributed by atoms with Gasteiger partial charge >= 0.3 is 0 Å². The summed E-state index contributed by atoms with van der Waals surface area (Å²) in [5.41, 5.74) is 1.75. The Kier molecular flexibility index (Phi) is 5.80. The van der Waals surface area contributed by atoms with E-state index in [1.54, 1.807) is 22.7 Å². The van der Waals surface area contributed by atoms with Gasteiger partial charge < -0.3 is 0 Å². The lowest BCUT2D eigenvalue weighted by molar-refractivity contribution is -0.116. The summed E-state index contributed by atoms with van der Waals surface area (Å²) in [5.74, 6) is -0.943. The third-order valence-electron chi connectivity index (χ3n) is 4.28. The normalized spacial score (nSPS) is 11.0. The van der Waals surface area contributed by atoms with Gasteiger partial charge in [0.15, 0.2) is 5.78 Å². The summed E-state index contributed by atoms with van der Waals surface area (Å²) in [4.78, 5) is 29.2. The van der Waals surface area contributed by atoms with Gasteiger partial charge in [0.1, 0.15) is 5.82 Å². The van der Waals surface area contributed by atoms with Gasteiger partial charge in [-0.3, -0.25) is 14.9 Å². The molecular formula is C20H13Cl2FN4O2S. The standard InChI is InChI=1S/C20H13Cl2FN4O2S/c21-12-3-6-15(22)14(9-12)16-10-30-20-25-19(26-27(16)20)24-18(29)8-7-17(28)11-1-4-13(23)5-2-11/h1-6,9-10H,7-8H2,(H,24,26,29). The van der Waals surface area contributed by atoms with Crippen molar-refractivity contribution >= 4 is 57.1 Å². The number of nitrogens with one attached hydrogen (secondary N) is 1. The summed E-state index contributed by atoms with van der Waals surface area (Å²) < 4.78 is 14.5. The van der Waals surface area contributed by atoms with Gasteiger partial charge in [0.25, 0.3) is 0 Å². The number of hydrogen-bond acceptors (Lipinski definition) is 5. The molecular weight excluding hydrogens is 450 g/mol. The highest BCUT2D eigenvalue weighted by atomic mass is 35.5. The number of carbonyl (C=O) groups excluding carboxylic acids is 2. The van der Waals surface area contributed by atoms with E-state index >= 15 is 0 Å². The van der Waals surface area contributed by atoms with Gasteiger partial charge in [-0.1, -0.05) is 23.2 Å². The van der Waals surface area contributed by atoms with Crippen molar-refractivity contribution in [3.05, 3.63) is 69.3 Å². The topological polar surface area (TPSA) is 76.4 Å². The third-order valence-corrected chi connectivity index (χ3v) is 5.66. The van der Waals surface area contributed by atoms with Crippen molar-refractivity contribution in [3.8, 4) is 11.3 Å². The Bertz CT molecular complexity index is 1250. The number of Topliss-reactive ketones (excluding diaryl/α,β-unsaturated/α-hetero) is 1. The summed E-state index contributed by atoms with van der Waals surface area (Å²) in [5, 5.41) is 9.80. The zero-order chi connectivity index (χ0) is 21.3. The number of fused-ring (bicyclic) bond motifs is 1. The maximum absolute atomic E-state index is 12.9. The highest BCUT2D eigenvalue weighted by Gasteiger charge is 2.16. The molecule has 6 nitrogen and oxygen atoms in total. The maximum atomic E-state index is 12.9. The second-order valence-corrected chi connectivity index (χ2v) is 8.03. The lowest BCUT2D eigenvalue weighted by atomic mass is 10.1. The van der Waals surface area contributed by atoms with E-state index in [1.165, 1.54) is 35.6 Å². The van der Waals surface area contributed by atoms with Crippen molar-refractivity contribution in [1.29, 1.82) is 0 Å². The van der Waals surface area contributed by atoms with Crippen molar-refractivity contribution in [3.63, 3.8) is 0 Å². The minimum absolute atomic E-state index is 0.0109. The van der Waals surface area contributed by atoms with Crippen LogP contribution in [0.1, 0.15) is 23.2 Å². The van der Waals surface area contributed by atoms with Crippen LogP contribution in [0.3, 0.4) is 0 Å². The molecule has 0 spiro atoms. The number of rotatable bonds is 6. The Morgan fingerprint density at radius 2 is 1.87 bits per heavy atom. The summed E-state index contributed by atoms with van der Waals surface area (Å²) in [7, 11) is 0. The molecule has 152 valence electrons. The highest BCUT2D eigenvalue weighted by Crippen LogP contribution is 2.33. The monoisotopic (exact) mass is 462 g/mol. The first kappa shape index (κ1) is 20.5. The molecule has 0 saturated carbocycles. The molecule has 2 heterocycles. The van der Waals surface area contributed by atoms with E-state index in [4.69, 9.17) is 23.2 Å². The van der Waals surface area contributed by atoms with E-state index < -0.39 is 11.7 Å². The number of aromatic nitrogens is 3. The van der Waals surface area contributed by atoms with Crippen LogP contribution in [0.4, 0.5) is 10.3 Å². The molecule has 0 unspecified atom stereocenters. The molecule has 0 atom stereocenters. The van der Waals surface area contributed by atoms with E-state index in [1.807, 2.05) is 5.38 Å². The number of nitrogens with zero attached hydrogens (tertiary/aromatic N) is 3. The fraction of sp³-hybridized carbons (Fsp3) is 0.100. The van der Waals surface area contributed by atoms with Gasteiger partial charge in [-0.2, -0.15) is 4.98 Å². The fourth-order valence-corrected chi connectivity index (χ4v) is 4.02. The lowest BCUT2D eigenvalue weighted by Crippen LogP contribution is -2.14. The molecule has 0 saturated heterocycles. The van der Waals surface area contributed by atoms with Crippen LogP contribution in [0.5, 0.6) is 0 Å². The smallest absolute Gasteiger partial charge is 0.250 e. The fourth-order valence-electron chi connectivity index (χ4n) is 2.81. The first-order chi connectivity index (χ1) is 14.4. The van der Waals surface area contributed by atoms with Crippen LogP contribution in [0.15, 0.2) is 47.8 Å². The van der Waals surface area contributed by atoms with Crippen LogP contribution in [0, 0.1) is 5.82 Å². The molecule has 30 heavy (non-hydrogen) atoms. The zero-order valence-corrected chi connectivity index (χ0v) is 17.6. The van der Waals surface area contributed by atoms with E-state index in [0.29, 0.717) is 31.8 Å². The van der Waals surface area contributed by atoms with Gasteiger partial charge in [0, 0.05) is 34.4 Å². The molecule has 10 heteroatoms. The molecule has 0 aliphatic carbocycles. The molecule has 1 N–H and O–H groups in total. The average Bonchev–Trinajstić information content (AvgIpc) is 3.29. The van der Waals surface area contributed by atoms with E-state index in [0.717, 1.165) is 0 Å². The van der Waals surface area contributed by atoms with Crippen LogP contribution >= 0.6 is 34.5 Å². The van der Waals surface area contributed by atoms with E-state index in [-0.39, 0.29) is 24.6 Å². The molecule has 0 fully saturated rings. The van der Waals surface area contributed by atoms with Crippen LogP contribution in [-0.2, 0) is 4.79 Å². The predicted molar refractivity (Wildman–Crippen MR) is 115 cm³/mol. The number of carbonyl (C=O) groups is 2. The first-order valence-electron chi connectivity index (χ1n) is 8.79. The van der Waals surface area contributed by atoms with Gasteiger partial charge in [0.2, 0.25) is 16.8 Å². The summed E-state index contributed by atoms with van der Waals surface area (Å²) in [6, 6.07) is 10.3. The summed E-state index contributed by atoms with van der Waals surface area (Å²) >= 11 is 13.7. The summed E-state index contributed by atoms with van der Waals surface area (Å²) in [6.07, 6.45) is -0.0564. The second kappa shape index (κ2) is 8.51. The number of amides is 1. The number of anilines is 1. The van der Waals surface area contributed by atoms with Gasteiger partial charge in [0.05, 0.1) is 10.7 Å². The number of thiazole rings is 1. The Morgan fingerprint density at radius 1 is 1.10 bits per heavy atom. The Labute approximate surface area is 184 Å². The van der Waals surface area contributed by atoms with Gasteiger partial charge in [-0.15, -0.1) is 16.4 Å². The van der Waals surface area contributed by atoms with Crippen molar-refractivity contribution in [2.45, 2.75) is 12.8 Å². The van der Waals surface area contributed by atoms with Crippen LogP contribution in [0.2, 0.25) is 10.0 Å². The van der Waals surface area contributed by atoms with Gasteiger partial charge in [-0.05, 0) is 42.5 Å². The molecule has 0 radical (unpaired) electrons. The predicted octanol–water partition coefficient (Wildman–Crippen LogP) is 5.51. The number of benzene rings is 2. The minimum atomic E-state index is -0.423. The lowest BCUT2D eigenvalue weighted by Gasteiger charge is -2.03. The summed E-state index contributed by atoms with van der Waals surface area (Å²) in [6.45, 7) is 0. The van der Waals surface area contributed by atoms with E-state index in [9.17, 15) is 14.0 Å². The zero-order valence-electron chi connectivity index (χ0n) is 15.2. The van der Waals surface area contributed by atoms with Crippen LogP contribution in [-0.4, -0.2) is 26.3 Å². The molecule has 0 bridgehead atoms. The Hall–Kier alpha value is -2.81. The maximum Gasteiger partial charge on any atom is 0.250 e. The number of ketones is 1. The van der Waals surface area contributed by atoms with Crippen LogP contribution in [0.25, 0.3) is 16.2 Å². The SMILES string of the molecule is O=C(CCC(=O)c1ccc(F)cc1)Nc1nc2scc(-c3cc(Cl)ccc3Cl)n2n1. The molecule has 4 aromatic rings. The Morgan fingerprint density at radius 3 is 2.63 bits per heavy atom. The molecule has 0 aliphatic heterocycles. The quantitative estimate of drug-likeness (QED) is 0.383. The molecule has 2 aromatic heterocycles. The van der Waals surface area contributed by atoms with Crippen molar-refractivity contribution in [2.24, 2.45) is 0 Å². The third kappa shape index (κ3) is 4.35. The number of halogens is 3. The minimum Gasteiger partial charge on any atom is -0.294 e. The van der Waals surface area contributed by atoms with E-state index in [2.05, 4.69) is 15.4 Å². The molecule has 1 amide bonds. The van der Waals surface area contributed by atoms with Crippen LogP contribution < -0.4 is 5.32 Å². The molecule has 4 rings (SSSR count). The van der Waals surface area contributed by atoms with Crippen molar-refractivity contribution < 1.29 is 14.0 Å². The first-order valence-corrected chi connectivity index (χ1v) is 10.4. The van der Waals surface area contributed by atoms with Gasteiger partial charge in [-0.25, -0.2) is 8.91 Å². The average molecular weight is 463 g/mol. The number of hydrogen-bond donors (Lipinski definition) is 1. The van der Waals surface area contributed by atoms with Crippen molar-refractivity contribution in [2.75, 3.05) is 5.32 Å². The second-order valence-electron chi connectivity index (χ2n) is 6.35. The Balaban J connectivity index is 1.45. The molecule has 2 aromatic carbocycles. The highest BCUT2D eigenvalue weighted by molar-refractivity contribution is 7.15. The van der Waals surface area contributed by atoms with Crippen molar-refractivity contribution in [1.82, 2.24) is 14.6 Å².